The van der Waals surface area contributed by atoms with Crippen LogP contribution < -0.4 is 5.32 Å². The summed E-state index contributed by atoms with van der Waals surface area (Å²) in [6.45, 7) is 5.87. The van der Waals surface area contributed by atoms with Crippen LogP contribution in [0, 0.1) is 5.92 Å². The van der Waals surface area contributed by atoms with Gasteiger partial charge in [-0.05, 0) is 24.5 Å². The number of nitrogens with zero attached hydrogens (tertiary/aromatic N) is 2. The number of ether oxygens (including phenoxy) is 2. The average Bonchev–Trinajstić information content (AvgIpc) is 3.19. The molecule has 2 rings (SSSR count). The lowest BCUT2D eigenvalue weighted by molar-refractivity contribution is -0.143. The maximum absolute atomic E-state index is 12.4. The Morgan fingerprint density at radius 3 is 2.52 bits per heavy atom. The van der Waals surface area contributed by atoms with E-state index in [1.54, 1.807) is 0 Å². The van der Waals surface area contributed by atoms with Gasteiger partial charge in [0, 0.05) is 5.56 Å². The summed E-state index contributed by atoms with van der Waals surface area (Å²) >= 11 is 0. The largest absolute Gasteiger partial charge is 0.467 e. The molecule has 1 aromatic heterocycles. The molecule has 8 heteroatoms. The smallest absolute Gasteiger partial charge is 0.408 e. The molecule has 1 aromatic carbocycles. The van der Waals surface area contributed by atoms with Gasteiger partial charge < -0.3 is 19.2 Å². The van der Waals surface area contributed by atoms with E-state index in [4.69, 9.17) is 13.9 Å². The van der Waals surface area contributed by atoms with E-state index in [2.05, 4.69) is 15.5 Å². The highest BCUT2D eigenvalue weighted by molar-refractivity contribution is 5.81. The Morgan fingerprint density at radius 2 is 1.90 bits per heavy atom. The molecule has 0 radical (unpaired) electrons. The third-order valence-electron chi connectivity index (χ3n) is 4.49. The molecule has 2 atom stereocenters. The highest BCUT2D eigenvalue weighted by Crippen LogP contribution is 2.20. The third kappa shape index (κ3) is 6.89. The first-order valence-electron chi connectivity index (χ1n) is 9.87. The molecule has 8 nitrogen and oxygen atoms in total. The number of carbonyl (C=O) groups is 2. The average molecular weight is 403 g/mol. The molecule has 1 amide bonds. The van der Waals surface area contributed by atoms with Gasteiger partial charge in [0.05, 0.1) is 13.5 Å². The Morgan fingerprint density at radius 1 is 1.17 bits per heavy atom. The first-order valence-corrected chi connectivity index (χ1v) is 9.87. The number of aromatic nitrogens is 2. The maximum atomic E-state index is 12.4. The summed E-state index contributed by atoms with van der Waals surface area (Å²) in [5.41, 5.74) is 0.822. The number of carbonyl (C=O) groups excluding carboxylic acids is 2. The van der Waals surface area contributed by atoms with Crippen molar-refractivity contribution in [3.8, 4) is 11.5 Å². The zero-order valence-electron chi connectivity index (χ0n) is 17.4. The zero-order chi connectivity index (χ0) is 21.2. The van der Waals surface area contributed by atoms with Crippen molar-refractivity contribution in [1.82, 2.24) is 15.5 Å². The lowest BCUT2D eigenvalue weighted by atomic mass is 10.0. The molecular weight excluding hydrogens is 374 g/mol. The molecule has 0 aliphatic heterocycles. The van der Waals surface area contributed by atoms with E-state index in [-0.39, 0.29) is 12.3 Å². The number of amides is 1. The Bertz CT molecular complexity index is 776. The van der Waals surface area contributed by atoms with Crippen molar-refractivity contribution in [1.29, 1.82) is 0 Å². The first kappa shape index (κ1) is 22.4. The van der Waals surface area contributed by atoms with Gasteiger partial charge in [0.15, 0.2) is 0 Å². The van der Waals surface area contributed by atoms with Gasteiger partial charge in [-0.2, -0.15) is 0 Å². The topological polar surface area (TPSA) is 104 Å². The van der Waals surface area contributed by atoms with Gasteiger partial charge in [0.25, 0.3) is 0 Å². The summed E-state index contributed by atoms with van der Waals surface area (Å²) in [6.07, 6.45) is 1.32. The summed E-state index contributed by atoms with van der Waals surface area (Å²) in [5, 5.41) is 10.7. The molecule has 0 saturated carbocycles. The number of hydrogen-bond acceptors (Lipinski definition) is 7. The van der Waals surface area contributed by atoms with Crippen molar-refractivity contribution >= 4 is 12.1 Å². The summed E-state index contributed by atoms with van der Waals surface area (Å²) in [4.78, 5) is 24.2. The molecule has 158 valence electrons. The second-order valence-corrected chi connectivity index (χ2v) is 7.12. The molecule has 0 saturated heterocycles. The summed E-state index contributed by atoms with van der Waals surface area (Å²) in [6, 6.07) is 8.71. The van der Waals surface area contributed by atoms with Crippen LogP contribution in [-0.4, -0.2) is 41.5 Å². The minimum Gasteiger partial charge on any atom is -0.467 e. The minimum absolute atomic E-state index is 0.0139. The van der Waals surface area contributed by atoms with Gasteiger partial charge in [-0.15, -0.1) is 10.2 Å². The van der Waals surface area contributed by atoms with Crippen LogP contribution in [0.2, 0.25) is 0 Å². The zero-order valence-corrected chi connectivity index (χ0v) is 17.4. The van der Waals surface area contributed by atoms with Crippen molar-refractivity contribution in [2.24, 2.45) is 5.92 Å². The molecule has 0 bridgehead atoms. The Hall–Kier alpha value is -2.90. The molecule has 1 N–H and O–H groups in total. The predicted molar refractivity (Wildman–Crippen MR) is 107 cm³/mol. The SMILES string of the molecule is CCCC[C@H](NC(=O)O[C@H](Cc1nnc(-c2ccccc2)o1)C(C)C)C(=O)OC. The Kier molecular flexibility index (Phi) is 8.64. The van der Waals surface area contributed by atoms with Gasteiger partial charge >= 0.3 is 12.1 Å². The number of alkyl carbamates (subject to hydrolysis) is 1. The summed E-state index contributed by atoms with van der Waals surface area (Å²) in [5.74, 6) is 0.324. The minimum atomic E-state index is -0.728. The fraction of sp³-hybridized carbons (Fsp3) is 0.524. The van der Waals surface area contributed by atoms with E-state index in [0.29, 0.717) is 18.2 Å². The lowest BCUT2D eigenvalue weighted by Crippen LogP contribution is -2.43. The van der Waals surface area contributed by atoms with Crippen molar-refractivity contribution < 1.29 is 23.5 Å². The van der Waals surface area contributed by atoms with Crippen molar-refractivity contribution in [2.45, 2.75) is 58.6 Å². The van der Waals surface area contributed by atoms with Gasteiger partial charge in [0.1, 0.15) is 12.1 Å². The molecule has 0 spiro atoms. The predicted octanol–water partition coefficient (Wildman–Crippen LogP) is 3.76. The normalized spacial score (nSPS) is 13.0. The van der Waals surface area contributed by atoms with Crippen LogP contribution in [0.3, 0.4) is 0 Å². The van der Waals surface area contributed by atoms with E-state index in [1.165, 1.54) is 7.11 Å². The van der Waals surface area contributed by atoms with Crippen molar-refractivity contribution in [2.75, 3.05) is 7.11 Å². The van der Waals surface area contributed by atoms with Crippen LogP contribution in [-0.2, 0) is 20.7 Å². The van der Waals surface area contributed by atoms with Gasteiger partial charge in [-0.3, -0.25) is 0 Å². The highest BCUT2D eigenvalue weighted by atomic mass is 16.6. The van der Waals surface area contributed by atoms with Crippen LogP contribution in [0.5, 0.6) is 0 Å². The van der Waals surface area contributed by atoms with E-state index in [1.807, 2.05) is 51.1 Å². The molecule has 2 aromatic rings. The first-order chi connectivity index (χ1) is 13.9. The number of esters is 1. The molecule has 1 heterocycles. The van der Waals surface area contributed by atoms with Crippen LogP contribution in [0.25, 0.3) is 11.5 Å². The molecule has 0 aliphatic carbocycles. The standard InChI is InChI=1S/C21H29N3O5/c1-5-6-12-16(20(25)27-4)22-21(26)28-17(14(2)3)13-18-23-24-19(29-18)15-10-8-7-9-11-15/h7-11,14,16-17H,5-6,12-13H2,1-4H3,(H,22,26)/t16-,17+/m0/s1. The summed E-state index contributed by atoms with van der Waals surface area (Å²) < 4.78 is 16.0. The fourth-order valence-corrected chi connectivity index (χ4v) is 2.73. The molecule has 0 fully saturated rings. The van der Waals surface area contributed by atoms with Gasteiger partial charge in [0.2, 0.25) is 11.8 Å². The monoisotopic (exact) mass is 403 g/mol. The fourth-order valence-electron chi connectivity index (χ4n) is 2.73. The third-order valence-corrected chi connectivity index (χ3v) is 4.49. The Labute approximate surface area is 171 Å². The van der Waals surface area contributed by atoms with Crippen LogP contribution in [0.1, 0.15) is 45.9 Å². The maximum Gasteiger partial charge on any atom is 0.408 e. The van der Waals surface area contributed by atoms with Gasteiger partial charge in [-0.1, -0.05) is 51.8 Å². The number of unbranched alkanes of at least 4 members (excludes halogenated alkanes) is 1. The van der Waals surface area contributed by atoms with Crippen molar-refractivity contribution in [3.63, 3.8) is 0 Å². The van der Waals surface area contributed by atoms with Gasteiger partial charge in [-0.25, -0.2) is 9.59 Å². The second kappa shape index (κ2) is 11.2. The number of benzene rings is 1. The number of nitrogens with one attached hydrogen (secondary N) is 1. The summed E-state index contributed by atoms with van der Waals surface area (Å²) in [7, 11) is 1.30. The number of hydrogen-bond donors (Lipinski definition) is 1. The molecular formula is C21H29N3O5. The van der Waals surface area contributed by atoms with E-state index < -0.39 is 24.2 Å². The quantitative estimate of drug-likeness (QED) is 0.602. The number of methoxy groups -OCH3 is 1. The van der Waals surface area contributed by atoms with E-state index in [9.17, 15) is 9.59 Å². The molecule has 0 unspecified atom stereocenters. The highest BCUT2D eigenvalue weighted by Gasteiger charge is 2.26. The van der Waals surface area contributed by atoms with E-state index in [0.717, 1.165) is 18.4 Å². The van der Waals surface area contributed by atoms with E-state index >= 15 is 0 Å². The molecule has 29 heavy (non-hydrogen) atoms. The van der Waals surface area contributed by atoms with Crippen LogP contribution >= 0.6 is 0 Å². The van der Waals surface area contributed by atoms with Crippen LogP contribution in [0.4, 0.5) is 4.79 Å². The lowest BCUT2D eigenvalue weighted by Gasteiger charge is -2.22. The molecule has 0 aliphatic rings. The van der Waals surface area contributed by atoms with Crippen molar-refractivity contribution in [3.05, 3.63) is 36.2 Å². The second-order valence-electron chi connectivity index (χ2n) is 7.12. The Balaban J connectivity index is 1.99. The number of rotatable bonds is 10. The van der Waals surface area contributed by atoms with Crippen LogP contribution in [0.15, 0.2) is 34.7 Å².